The molecule has 1 heterocycles. The Kier molecular flexibility index (Phi) is 4.25. The van der Waals surface area contributed by atoms with E-state index in [1.807, 2.05) is 44.2 Å². The number of rotatable bonds is 4. The van der Waals surface area contributed by atoms with Gasteiger partial charge in [-0.3, -0.25) is 4.79 Å². The Morgan fingerprint density at radius 2 is 1.85 bits per heavy atom. The second-order valence-electron chi connectivity index (χ2n) is 4.79. The lowest BCUT2D eigenvalue weighted by atomic mass is 10.0. The molecule has 4 heteroatoms. The van der Waals surface area contributed by atoms with E-state index >= 15 is 0 Å². The highest BCUT2D eigenvalue weighted by Gasteiger charge is 2.08. The van der Waals surface area contributed by atoms with E-state index in [0.29, 0.717) is 0 Å². The third-order valence-corrected chi connectivity index (χ3v) is 3.31. The number of nitrogens with zero attached hydrogens (tertiary/aromatic N) is 1. The Bertz CT molecular complexity index is 674. The number of methoxy groups -OCH3 is 1. The van der Waals surface area contributed by atoms with E-state index in [-0.39, 0.29) is 12.4 Å². The van der Waals surface area contributed by atoms with Crippen LogP contribution in [-0.4, -0.2) is 18.5 Å². The second kappa shape index (κ2) is 5.92. The molecule has 0 N–H and O–H groups in total. The van der Waals surface area contributed by atoms with Crippen LogP contribution >= 0.6 is 0 Å². The van der Waals surface area contributed by atoms with E-state index in [0.717, 1.165) is 28.1 Å². The van der Waals surface area contributed by atoms with Crippen LogP contribution in [0.25, 0.3) is 11.3 Å². The maximum Gasteiger partial charge on any atom is 0.253 e. The van der Waals surface area contributed by atoms with Crippen molar-refractivity contribution < 1.29 is 9.47 Å². The average molecular weight is 273 g/mol. The van der Waals surface area contributed by atoms with Crippen LogP contribution < -0.4 is 10.3 Å². The van der Waals surface area contributed by atoms with Gasteiger partial charge in [-0.05, 0) is 43.7 Å². The summed E-state index contributed by atoms with van der Waals surface area (Å²) in [7, 11) is 3.38. The van der Waals surface area contributed by atoms with E-state index in [1.165, 1.54) is 0 Å². The molecule has 0 radical (unpaired) electrons. The maximum absolute atomic E-state index is 12.0. The van der Waals surface area contributed by atoms with Gasteiger partial charge >= 0.3 is 0 Å². The molecular weight excluding hydrogens is 254 g/mol. The number of hydrogen-bond acceptors (Lipinski definition) is 3. The summed E-state index contributed by atoms with van der Waals surface area (Å²) in [6, 6.07) is 9.61. The van der Waals surface area contributed by atoms with Crippen molar-refractivity contribution in [1.82, 2.24) is 4.57 Å². The van der Waals surface area contributed by atoms with Crippen LogP contribution in [0.3, 0.4) is 0 Å². The van der Waals surface area contributed by atoms with Crippen LogP contribution in [0.5, 0.6) is 5.75 Å². The Morgan fingerprint density at radius 1 is 1.10 bits per heavy atom. The largest absolute Gasteiger partial charge is 0.468 e. The van der Waals surface area contributed by atoms with Crippen molar-refractivity contribution >= 4 is 0 Å². The smallest absolute Gasteiger partial charge is 0.253 e. The summed E-state index contributed by atoms with van der Waals surface area (Å²) in [5.74, 6) is 0.755. The Hall–Kier alpha value is -2.07. The lowest BCUT2D eigenvalue weighted by Crippen LogP contribution is -2.20. The standard InChI is InChI=1S/C16H19NO3/c1-11-5-8-15(17(3)16(11)18)14-7-6-13(9-12(14)2)20-10-19-4/h5-9H,10H2,1-4H3. The number of aromatic nitrogens is 1. The zero-order valence-corrected chi connectivity index (χ0v) is 12.3. The molecule has 0 fully saturated rings. The molecule has 1 aromatic carbocycles. The van der Waals surface area contributed by atoms with Crippen LogP contribution in [0.1, 0.15) is 11.1 Å². The lowest BCUT2D eigenvalue weighted by Gasteiger charge is -2.13. The van der Waals surface area contributed by atoms with Gasteiger partial charge in [-0.15, -0.1) is 0 Å². The van der Waals surface area contributed by atoms with Crippen molar-refractivity contribution in [2.75, 3.05) is 13.9 Å². The summed E-state index contributed by atoms with van der Waals surface area (Å²) < 4.78 is 12.0. The van der Waals surface area contributed by atoms with Gasteiger partial charge in [0.15, 0.2) is 6.79 Å². The van der Waals surface area contributed by atoms with Crippen molar-refractivity contribution in [3.8, 4) is 17.0 Å². The van der Waals surface area contributed by atoms with Gasteiger partial charge in [-0.1, -0.05) is 6.07 Å². The highest BCUT2D eigenvalue weighted by Crippen LogP contribution is 2.26. The van der Waals surface area contributed by atoms with Gasteiger partial charge in [-0.2, -0.15) is 0 Å². The van der Waals surface area contributed by atoms with Crippen molar-refractivity contribution in [3.05, 3.63) is 51.8 Å². The molecule has 0 saturated carbocycles. The van der Waals surface area contributed by atoms with E-state index in [4.69, 9.17) is 9.47 Å². The minimum Gasteiger partial charge on any atom is -0.468 e. The molecule has 0 aliphatic carbocycles. The second-order valence-corrected chi connectivity index (χ2v) is 4.79. The van der Waals surface area contributed by atoms with Crippen LogP contribution in [0.2, 0.25) is 0 Å². The van der Waals surface area contributed by atoms with E-state index in [2.05, 4.69) is 0 Å². The molecule has 0 amide bonds. The molecule has 0 atom stereocenters. The highest BCUT2D eigenvalue weighted by atomic mass is 16.7. The Balaban J connectivity index is 2.44. The quantitative estimate of drug-likeness (QED) is 0.804. The molecule has 0 unspecified atom stereocenters. The molecular formula is C16H19NO3. The number of benzene rings is 1. The van der Waals surface area contributed by atoms with Gasteiger partial charge in [0.1, 0.15) is 5.75 Å². The first-order valence-corrected chi connectivity index (χ1v) is 6.44. The van der Waals surface area contributed by atoms with Crippen LogP contribution in [0.15, 0.2) is 35.1 Å². The van der Waals surface area contributed by atoms with Crippen molar-refractivity contribution in [2.24, 2.45) is 7.05 Å². The highest BCUT2D eigenvalue weighted by molar-refractivity contribution is 5.65. The molecule has 0 aliphatic heterocycles. The average Bonchev–Trinajstić information content (AvgIpc) is 2.44. The molecule has 0 saturated heterocycles. The van der Waals surface area contributed by atoms with Crippen molar-refractivity contribution in [1.29, 1.82) is 0 Å². The van der Waals surface area contributed by atoms with Gasteiger partial charge in [0.05, 0.1) is 5.69 Å². The Labute approximate surface area is 118 Å². The molecule has 2 rings (SSSR count). The minimum atomic E-state index is 0.0293. The molecule has 20 heavy (non-hydrogen) atoms. The summed E-state index contributed by atoms with van der Waals surface area (Å²) in [5.41, 5.74) is 3.75. The van der Waals surface area contributed by atoms with Crippen LogP contribution in [-0.2, 0) is 11.8 Å². The van der Waals surface area contributed by atoms with Crippen molar-refractivity contribution in [2.45, 2.75) is 13.8 Å². The van der Waals surface area contributed by atoms with E-state index < -0.39 is 0 Å². The SMILES string of the molecule is COCOc1ccc(-c2ccc(C)c(=O)n2C)c(C)c1. The fourth-order valence-electron chi connectivity index (χ4n) is 2.17. The van der Waals surface area contributed by atoms with Gasteiger partial charge < -0.3 is 14.0 Å². The first-order valence-electron chi connectivity index (χ1n) is 6.44. The first-order chi connectivity index (χ1) is 9.54. The minimum absolute atomic E-state index is 0.0293. The Morgan fingerprint density at radius 3 is 2.50 bits per heavy atom. The van der Waals surface area contributed by atoms with Gasteiger partial charge in [0, 0.05) is 25.3 Å². The molecule has 0 spiro atoms. The molecule has 1 aromatic heterocycles. The molecule has 0 bridgehead atoms. The first kappa shape index (κ1) is 14.3. The molecule has 4 nitrogen and oxygen atoms in total. The normalized spacial score (nSPS) is 10.6. The fraction of sp³-hybridized carbons (Fsp3) is 0.312. The topological polar surface area (TPSA) is 40.5 Å². The number of hydrogen-bond donors (Lipinski definition) is 0. The zero-order chi connectivity index (χ0) is 14.7. The molecule has 0 aliphatic rings. The summed E-state index contributed by atoms with van der Waals surface area (Å²) in [6.07, 6.45) is 0. The molecule has 106 valence electrons. The van der Waals surface area contributed by atoms with Crippen LogP contribution in [0, 0.1) is 13.8 Å². The maximum atomic E-state index is 12.0. The lowest BCUT2D eigenvalue weighted by molar-refractivity contribution is 0.0511. The van der Waals surface area contributed by atoms with Crippen molar-refractivity contribution in [3.63, 3.8) is 0 Å². The summed E-state index contributed by atoms with van der Waals surface area (Å²) in [5, 5.41) is 0. The van der Waals surface area contributed by atoms with E-state index in [9.17, 15) is 4.79 Å². The monoisotopic (exact) mass is 273 g/mol. The summed E-state index contributed by atoms with van der Waals surface area (Å²) in [4.78, 5) is 12.0. The summed E-state index contributed by atoms with van der Waals surface area (Å²) in [6.45, 7) is 4.04. The molecule has 2 aromatic rings. The van der Waals surface area contributed by atoms with Gasteiger partial charge in [-0.25, -0.2) is 0 Å². The number of aryl methyl sites for hydroxylation is 2. The number of ether oxygens (including phenoxy) is 2. The predicted molar refractivity (Wildman–Crippen MR) is 79.1 cm³/mol. The third kappa shape index (κ3) is 2.75. The van der Waals surface area contributed by atoms with Gasteiger partial charge in [0.2, 0.25) is 0 Å². The zero-order valence-electron chi connectivity index (χ0n) is 12.3. The third-order valence-electron chi connectivity index (χ3n) is 3.31. The summed E-state index contributed by atoms with van der Waals surface area (Å²) >= 11 is 0. The fourth-order valence-corrected chi connectivity index (χ4v) is 2.17. The van der Waals surface area contributed by atoms with Gasteiger partial charge in [0.25, 0.3) is 5.56 Å². The van der Waals surface area contributed by atoms with Crippen LogP contribution in [0.4, 0.5) is 0 Å². The predicted octanol–water partition coefficient (Wildman–Crippen LogP) is 2.65. The van der Waals surface area contributed by atoms with E-state index in [1.54, 1.807) is 18.7 Å². The number of pyridine rings is 1.